The molecule has 4 aliphatic rings. The summed E-state index contributed by atoms with van der Waals surface area (Å²) in [7, 11) is 0. The molecule has 0 amide bonds. The fourth-order valence-corrected chi connectivity index (χ4v) is 2.96. The van der Waals surface area contributed by atoms with Crippen LogP contribution in [0.1, 0.15) is 0 Å². The molecule has 0 radical (unpaired) electrons. The molecule has 0 aromatic heterocycles. The molecular formula is C6H13N5S. The highest BCUT2D eigenvalue weighted by molar-refractivity contribution is 7.97. The number of hydrogen-bond donors (Lipinski definition) is 1. The molecule has 4 aliphatic heterocycles. The first-order valence-electron chi connectivity index (χ1n) is 4.15. The van der Waals surface area contributed by atoms with Crippen LogP contribution in [0.3, 0.4) is 0 Å². The Morgan fingerprint density at radius 2 is 1.42 bits per heavy atom. The average molecular weight is 187 g/mol. The second kappa shape index (κ2) is 2.57. The summed E-state index contributed by atoms with van der Waals surface area (Å²) in [6.07, 6.45) is 0. The third kappa shape index (κ3) is 0.935. The van der Waals surface area contributed by atoms with Crippen molar-refractivity contribution >= 4 is 11.9 Å². The molecule has 0 spiro atoms. The lowest BCUT2D eigenvalue weighted by molar-refractivity contribution is -0.206. The second-order valence-electron chi connectivity index (χ2n) is 3.69. The van der Waals surface area contributed by atoms with E-state index in [1.165, 1.54) is 11.9 Å². The van der Waals surface area contributed by atoms with Crippen molar-refractivity contribution in [3.05, 3.63) is 0 Å². The Hall–Kier alpha value is 0.150. The topological polar surface area (TPSA) is 39.0 Å². The Morgan fingerprint density at radius 1 is 0.917 bits per heavy atom. The first-order valence-corrected chi connectivity index (χ1v) is 5.09. The monoisotopic (exact) mass is 187 g/mol. The Morgan fingerprint density at radius 3 is 1.83 bits per heavy atom. The number of hydrogen-bond acceptors (Lipinski definition) is 6. The first-order chi connectivity index (χ1) is 5.86. The van der Waals surface area contributed by atoms with Gasteiger partial charge in [-0.15, -0.1) is 0 Å². The van der Waals surface area contributed by atoms with Gasteiger partial charge in [-0.25, -0.2) is 0 Å². The van der Waals surface area contributed by atoms with Gasteiger partial charge in [-0.3, -0.25) is 24.7 Å². The summed E-state index contributed by atoms with van der Waals surface area (Å²) < 4.78 is 0. The van der Waals surface area contributed by atoms with Crippen LogP contribution in [-0.4, -0.2) is 58.4 Å². The molecular weight excluding hydrogens is 174 g/mol. The average Bonchev–Trinajstić information content (AvgIpc) is 2.02. The molecule has 5 nitrogen and oxygen atoms in total. The third-order valence-electron chi connectivity index (χ3n) is 2.67. The summed E-state index contributed by atoms with van der Waals surface area (Å²) in [5.74, 6) is 0. The van der Waals surface area contributed by atoms with Gasteiger partial charge in [-0.2, -0.15) is 0 Å². The SMILES string of the molecule is NSC1N2CN3CN(C2)CN1C3. The molecule has 4 bridgehead atoms. The standard InChI is InChI=1S/C6H13N5S/c7-12-6-10-2-8-1-9(4-10)5-11(6)3-8/h6H,1-5,7H2. The maximum absolute atomic E-state index is 5.65. The van der Waals surface area contributed by atoms with E-state index in [1.54, 1.807) is 0 Å². The zero-order valence-corrected chi connectivity index (χ0v) is 7.70. The first kappa shape index (κ1) is 7.54. The minimum Gasteiger partial charge on any atom is -0.275 e. The molecule has 4 heterocycles. The fourth-order valence-electron chi connectivity index (χ4n) is 2.35. The van der Waals surface area contributed by atoms with Crippen molar-refractivity contribution in [1.29, 1.82) is 0 Å². The highest BCUT2D eigenvalue weighted by Gasteiger charge is 2.43. The van der Waals surface area contributed by atoms with Gasteiger partial charge in [0.15, 0.2) is 0 Å². The van der Waals surface area contributed by atoms with Crippen molar-refractivity contribution in [2.45, 2.75) is 5.50 Å². The molecule has 4 rings (SSSR count). The van der Waals surface area contributed by atoms with Crippen LogP contribution in [0.15, 0.2) is 0 Å². The van der Waals surface area contributed by atoms with E-state index in [-0.39, 0.29) is 0 Å². The summed E-state index contributed by atoms with van der Waals surface area (Å²) in [6.45, 7) is 5.47. The second-order valence-corrected chi connectivity index (χ2v) is 4.38. The Labute approximate surface area is 76.2 Å². The minimum absolute atomic E-state index is 0.415. The van der Waals surface area contributed by atoms with E-state index in [0.29, 0.717) is 5.50 Å². The molecule has 12 heavy (non-hydrogen) atoms. The molecule has 4 fully saturated rings. The Balaban J connectivity index is 1.86. The van der Waals surface area contributed by atoms with Crippen molar-refractivity contribution in [3.8, 4) is 0 Å². The summed E-state index contributed by atoms with van der Waals surface area (Å²) in [4.78, 5) is 9.67. The number of nitrogens with two attached hydrogens (primary N) is 1. The summed E-state index contributed by atoms with van der Waals surface area (Å²) in [5, 5.41) is 5.65. The van der Waals surface area contributed by atoms with Gasteiger partial charge in [0.1, 0.15) is 5.50 Å². The van der Waals surface area contributed by atoms with Gasteiger partial charge in [0.25, 0.3) is 0 Å². The van der Waals surface area contributed by atoms with Crippen LogP contribution in [0.25, 0.3) is 0 Å². The molecule has 6 heteroatoms. The van der Waals surface area contributed by atoms with E-state index < -0.39 is 0 Å². The van der Waals surface area contributed by atoms with Crippen molar-refractivity contribution in [2.24, 2.45) is 5.14 Å². The smallest absolute Gasteiger partial charge is 0.129 e. The van der Waals surface area contributed by atoms with E-state index >= 15 is 0 Å². The molecule has 0 unspecified atom stereocenters. The van der Waals surface area contributed by atoms with Gasteiger partial charge < -0.3 is 0 Å². The molecule has 0 aromatic rings. The Kier molecular flexibility index (Phi) is 1.61. The number of nitrogens with zero attached hydrogens (tertiary/aromatic N) is 4. The van der Waals surface area contributed by atoms with Crippen LogP contribution < -0.4 is 5.14 Å². The molecule has 2 N–H and O–H groups in total. The van der Waals surface area contributed by atoms with E-state index in [4.69, 9.17) is 5.14 Å². The van der Waals surface area contributed by atoms with Crippen molar-refractivity contribution in [3.63, 3.8) is 0 Å². The summed E-state index contributed by atoms with van der Waals surface area (Å²) in [6, 6.07) is 0. The molecule has 68 valence electrons. The molecule has 0 atom stereocenters. The van der Waals surface area contributed by atoms with Gasteiger partial charge in [0.05, 0.1) is 33.3 Å². The Bertz CT molecular complexity index is 170. The highest BCUT2D eigenvalue weighted by Crippen LogP contribution is 2.29. The van der Waals surface area contributed by atoms with Crippen LogP contribution in [-0.2, 0) is 0 Å². The fraction of sp³-hybridized carbons (Fsp3) is 1.00. The summed E-state index contributed by atoms with van der Waals surface area (Å²) >= 11 is 1.46. The number of rotatable bonds is 1. The zero-order chi connectivity index (χ0) is 8.13. The van der Waals surface area contributed by atoms with Crippen LogP contribution in [0.5, 0.6) is 0 Å². The van der Waals surface area contributed by atoms with Crippen molar-refractivity contribution in [2.75, 3.05) is 33.3 Å². The van der Waals surface area contributed by atoms with Gasteiger partial charge in [-0.1, -0.05) is 0 Å². The van der Waals surface area contributed by atoms with Gasteiger partial charge in [0.2, 0.25) is 0 Å². The summed E-state index contributed by atoms with van der Waals surface area (Å²) in [5.41, 5.74) is 0.415. The highest BCUT2D eigenvalue weighted by atomic mass is 32.2. The maximum Gasteiger partial charge on any atom is 0.129 e. The van der Waals surface area contributed by atoms with Crippen molar-refractivity contribution < 1.29 is 0 Å². The van der Waals surface area contributed by atoms with E-state index in [1.807, 2.05) is 0 Å². The van der Waals surface area contributed by atoms with E-state index in [9.17, 15) is 0 Å². The quantitative estimate of drug-likeness (QED) is 0.526. The predicted molar refractivity (Wildman–Crippen MR) is 47.3 cm³/mol. The molecule has 0 aromatic carbocycles. The van der Waals surface area contributed by atoms with Crippen LogP contribution in [0.4, 0.5) is 0 Å². The molecule has 4 saturated heterocycles. The van der Waals surface area contributed by atoms with Crippen LogP contribution in [0, 0.1) is 0 Å². The zero-order valence-electron chi connectivity index (χ0n) is 6.89. The van der Waals surface area contributed by atoms with Gasteiger partial charge in [0, 0.05) is 0 Å². The largest absolute Gasteiger partial charge is 0.275 e. The van der Waals surface area contributed by atoms with Gasteiger partial charge >= 0.3 is 0 Å². The molecule has 0 saturated carbocycles. The van der Waals surface area contributed by atoms with Crippen LogP contribution in [0.2, 0.25) is 0 Å². The third-order valence-corrected chi connectivity index (χ3v) is 3.51. The van der Waals surface area contributed by atoms with Crippen LogP contribution >= 0.6 is 11.9 Å². The lowest BCUT2D eigenvalue weighted by atomic mass is 10.4. The molecule has 0 aliphatic carbocycles. The maximum atomic E-state index is 5.65. The predicted octanol–water partition coefficient (Wildman–Crippen LogP) is -1.09. The van der Waals surface area contributed by atoms with E-state index in [0.717, 1.165) is 33.3 Å². The lowest BCUT2D eigenvalue weighted by Gasteiger charge is -2.59. The lowest BCUT2D eigenvalue weighted by Crippen LogP contribution is -2.74. The minimum atomic E-state index is 0.415. The van der Waals surface area contributed by atoms with Gasteiger partial charge in [-0.05, 0) is 11.9 Å². The van der Waals surface area contributed by atoms with E-state index in [2.05, 4.69) is 19.6 Å². The normalized spacial score (nSPS) is 56.2. The van der Waals surface area contributed by atoms with Crippen molar-refractivity contribution in [1.82, 2.24) is 19.6 Å².